The summed E-state index contributed by atoms with van der Waals surface area (Å²) in [6.07, 6.45) is 25.1. The maximum atomic E-state index is 2.33. The van der Waals surface area contributed by atoms with Crippen LogP contribution in [0.2, 0.25) is 0 Å². The molecule has 0 aliphatic rings. The summed E-state index contributed by atoms with van der Waals surface area (Å²) >= 11 is 0. The van der Waals surface area contributed by atoms with Gasteiger partial charge >= 0.3 is 0 Å². The number of hydrogen-bond donors (Lipinski definition) is 0. The van der Waals surface area contributed by atoms with Crippen LogP contribution in [-0.2, 0) is 0 Å². The highest BCUT2D eigenvalue weighted by molar-refractivity contribution is 4.96. The van der Waals surface area contributed by atoms with Gasteiger partial charge in [-0.25, -0.2) is 0 Å². The van der Waals surface area contributed by atoms with Crippen LogP contribution in [-0.4, -0.2) is 0 Å². The lowest BCUT2D eigenvalue weighted by atomic mass is 10.1. The molecule has 98 valence electrons. The molecule has 0 spiro atoms. The quantitative estimate of drug-likeness (QED) is 0.295. The lowest BCUT2D eigenvalue weighted by Crippen LogP contribution is -1.75. The topological polar surface area (TPSA) is 0 Å². The Morgan fingerprint density at radius 3 is 1.82 bits per heavy atom. The molecule has 0 saturated carbocycles. The molecule has 0 amide bonds. The van der Waals surface area contributed by atoms with Crippen molar-refractivity contribution in [2.24, 2.45) is 0 Å². The van der Waals surface area contributed by atoms with Crippen LogP contribution in [0.1, 0.15) is 71.6 Å². The third kappa shape index (κ3) is 15.2. The minimum Gasteiger partial charge on any atom is -0.0885 e. The molecule has 0 rings (SSSR count). The van der Waals surface area contributed by atoms with E-state index in [4.69, 9.17) is 0 Å². The molecule has 0 heterocycles. The first-order valence-corrected chi connectivity index (χ1v) is 7.36. The fourth-order valence-electron chi connectivity index (χ4n) is 1.69. The van der Waals surface area contributed by atoms with Crippen LogP contribution >= 0.6 is 0 Å². The summed E-state index contributed by atoms with van der Waals surface area (Å²) in [4.78, 5) is 0. The van der Waals surface area contributed by atoms with Crippen LogP contribution in [0.5, 0.6) is 0 Å². The van der Waals surface area contributed by atoms with E-state index in [0.717, 1.165) is 19.3 Å². The molecular formula is C17H30. The first kappa shape index (κ1) is 16.2. The first-order chi connectivity index (χ1) is 8.41. The normalized spacial score (nSPS) is 12.4. The van der Waals surface area contributed by atoms with Gasteiger partial charge in [-0.05, 0) is 32.1 Å². The molecule has 0 nitrogen and oxygen atoms in total. The summed E-state index contributed by atoms with van der Waals surface area (Å²) in [5.41, 5.74) is 0. The Bertz CT molecular complexity index is 208. The van der Waals surface area contributed by atoms with Gasteiger partial charge in [0.15, 0.2) is 0 Å². The largest absolute Gasteiger partial charge is 0.0885 e. The van der Waals surface area contributed by atoms with Crippen molar-refractivity contribution < 1.29 is 0 Å². The average Bonchev–Trinajstić information content (AvgIpc) is 2.35. The van der Waals surface area contributed by atoms with Crippen LogP contribution in [0.3, 0.4) is 0 Å². The average molecular weight is 234 g/mol. The molecule has 0 aliphatic carbocycles. The van der Waals surface area contributed by atoms with E-state index in [2.05, 4.69) is 50.3 Å². The van der Waals surface area contributed by atoms with E-state index >= 15 is 0 Å². The zero-order chi connectivity index (χ0) is 12.6. The van der Waals surface area contributed by atoms with E-state index < -0.39 is 0 Å². The Labute approximate surface area is 109 Å². The van der Waals surface area contributed by atoms with Gasteiger partial charge in [-0.3, -0.25) is 0 Å². The van der Waals surface area contributed by atoms with Crippen LogP contribution in [0, 0.1) is 0 Å². The van der Waals surface area contributed by atoms with Gasteiger partial charge in [-0.2, -0.15) is 0 Å². The van der Waals surface area contributed by atoms with Crippen LogP contribution < -0.4 is 0 Å². The summed E-state index contributed by atoms with van der Waals surface area (Å²) in [6, 6.07) is 0. The fourth-order valence-corrected chi connectivity index (χ4v) is 1.69. The van der Waals surface area contributed by atoms with Crippen molar-refractivity contribution in [3.05, 3.63) is 36.5 Å². The lowest BCUT2D eigenvalue weighted by Gasteiger charge is -1.95. The fraction of sp³-hybridized carbons (Fsp3) is 0.647. The molecule has 0 bridgehead atoms. The van der Waals surface area contributed by atoms with E-state index in [9.17, 15) is 0 Å². The Kier molecular flexibility index (Phi) is 14.5. The highest BCUT2D eigenvalue weighted by atomic mass is 13.9. The van der Waals surface area contributed by atoms with Crippen molar-refractivity contribution in [2.75, 3.05) is 0 Å². The molecule has 0 aromatic rings. The van der Waals surface area contributed by atoms with Gasteiger partial charge in [0.05, 0.1) is 0 Å². The van der Waals surface area contributed by atoms with Gasteiger partial charge in [-0.1, -0.05) is 76.0 Å². The molecular weight excluding hydrogens is 204 g/mol. The van der Waals surface area contributed by atoms with Crippen molar-refractivity contribution in [1.29, 1.82) is 0 Å². The summed E-state index contributed by atoms with van der Waals surface area (Å²) in [5, 5.41) is 0. The highest BCUT2D eigenvalue weighted by Gasteiger charge is 1.85. The van der Waals surface area contributed by atoms with Crippen LogP contribution in [0.4, 0.5) is 0 Å². The third-order valence-electron chi connectivity index (χ3n) is 2.75. The molecule has 0 fully saturated rings. The van der Waals surface area contributed by atoms with Crippen molar-refractivity contribution in [1.82, 2.24) is 0 Å². The lowest BCUT2D eigenvalue weighted by molar-refractivity contribution is 0.637. The van der Waals surface area contributed by atoms with Gasteiger partial charge in [0.25, 0.3) is 0 Å². The molecule has 0 radical (unpaired) electrons. The molecule has 0 heteroatoms. The van der Waals surface area contributed by atoms with Crippen molar-refractivity contribution in [3.63, 3.8) is 0 Å². The van der Waals surface area contributed by atoms with Gasteiger partial charge < -0.3 is 0 Å². The van der Waals surface area contributed by atoms with Gasteiger partial charge in [0, 0.05) is 0 Å². The number of rotatable bonds is 11. The van der Waals surface area contributed by atoms with Gasteiger partial charge in [-0.15, -0.1) is 0 Å². The molecule has 0 atom stereocenters. The molecule has 0 unspecified atom stereocenters. The maximum absolute atomic E-state index is 2.33. The monoisotopic (exact) mass is 234 g/mol. The Morgan fingerprint density at radius 2 is 1.18 bits per heavy atom. The standard InChI is InChI=1S/C17H30/c1-3-5-7-9-11-13-15-17-16-14-12-10-8-6-4-2/h5,7,11,13,16-17H,3-4,6,8-10,12,14-15H2,1-2H3. The van der Waals surface area contributed by atoms with Crippen LogP contribution in [0.25, 0.3) is 0 Å². The maximum Gasteiger partial charge on any atom is -0.0169 e. The van der Waals surface area contributed by atoms with E-state index in [1.165, 1.54) is 38.5 Å². The second kappa shape index (κ2) is 15.2. The number of allylic oxidation sites excluding steroid dienone is 6. The molecule has 0 aliphatic heterocycles. The zero-order valence-corrected chi connectivity index (χ0v) is 11.8. The van der Waals surface area contributed by atoms with Crippen LogP contribution in [0.15, 0.2) is 36.5 Å². The number of hydrogen-bond acceptors (Lipinski definition) is 0. The Balaban J connectivity index is 3.21. The van der Waals surface area contributed by atoms with Crippen molar-refractivity contribution in [2.45, 2.75) is 71.6 Å². The van der Waals surface area contributed by atoms with E-state index in [-0.39, 0.29) is 0 Å². The van der Waals surface area contributed by atoms with E-state index in [1.807, 2.05) is 0 Å². The first-order valence-electron chi connectivity index (χ1n) is 7.36. The van der Waals surface area contributed by atoms with Gasteiger partial charge in [0.1, 0.15) is 0 Å². The third-order valence-corrected chi connectivity index (χ3v) is 2.75. The SMILES string of the molecule is CCC=CCC=CCC=CCCCCCCC. The molecule has 0 saturated heterocycles. The minimum absolute atomic E-state index is 1.08. The van der Waals surface area contributed by atoms with E-state index in [0.29, 0.717) is 0 Å². The smallest absolute Gasteiger partial charge is 0.0169 e. The summed E-state index contributed by atoms with van der Waals surface area (Å²) < 4.78 is 0. The van der Waals surface area contributed by atoms with Crippen molar-refractivity contribution >= 4 is 0 Å². The van der Waals surface area contributed by atoms with E-state index in [1.54, 1.807) is 0 Å². The molecule has 17 heavy (non-hydrogen) atoms. The zero-order valence-electron chi connectivity index (χ0n) is 11.8. The Hall–Kier alpha value is -0.780. The van der Waals surface area contributed by atoms with Gasteiger partial charge in [0.2, 0.25) is 0 Å². The molecule has 0 N–H and O–H groups in total. The minimum atomic E-state index is 1.08. The van der Waals surface area contributed by atoms with Crippen molar-refractivity contribution in [3.8, 4) is 0 Å². The summed E-state index contributed by atoms with van der Waals surface area (Å²) in [5.74, 6) is 0. The predicted octanol–water partition coefficient (Wildman–Crippen LogP) is 6.21. The molecule has 0 aromatic carbocycles. The number of unbranched alkanes of at least 4 members (excludes halogenated alkanes) is 5. The summed E-state index contributed by atoms with van der Waals surface area (Å²) in [7, 11) is 0. The predicted molar refractivity (Wildman–Crippen MR) is 80.3 cm³/mol. The second-order valence-corrected chi connectivity index (χ2v) is 4.50. The Morgan fingerprint density at radius 1 is 0.588 bits per heavy atom. The second-order valence-electron chi connectivity index (χ2n) is 4.50. The highest BCUT2D eigenvalue weighted by Crippen LogP contribution is 2.05. The molecule has 0 aromatic heterocycles. The summed E-state index contributed by atoms with van der Waals surface area (Å²) in [6.45, 7) is 4.44.